The lowest BCUT2D eigenvalue weighted by molar-refractivity contribution is 0.0898. The van der Waals surface area contributed by atoms with Gasteiger partial charge >= 0.3 is 6.09 Å². The molecule has 3 aromatic rings. The topological polar surface area (TPSA) is 85.6 Å². The number of hydrogen-bond acceptors (Lipinski definition) is 4. The van der Waals surface area contributed by atoms with Crippen LogP contribution in [-0.4, -0.2) is 35.4 Å². The smallest absolute Gasteiger partial charge is 0.409 e. The minimum atomic E-state index is -1.42. The van der Waals surface area contributed by atoms with E-state index in [2.05, 4.69) is 24.6 Å². The van der Waals surface area contributed by atoms with Crippen LogP contribution in [0.1, 0.15) is 5.56 Å². The molecule has 1 amide bonds. The van der Waals surface area contributed by atoms with Crippen LogP contribution in [0, 0.1) is 18.6 Å². The molecule has 1 aromatic carbocycles. The number of nitrogens with one attached hydrogen (secondary N) is 1. The average molecular weight is 450 g/mol. The molecule has 2 N–H and O–H groups in total. The van der Waals surface area contributed by atoms with Crippen LogP contribution in [0.2, 0.25) is 25.7 Å². The largest absolute Gasteiger partial charge is 0.465 e. The molecule has 0 radical (unpaired) electrons. The molecule has 31 heavy (non-hydrogen) atoms. The molecule has 0 bridgehead atoms. The highest BCUT2D eigenvalue weighted by Crippen LogP contribution is 2.35. The number of halogens is 2. The molecule has 0 saturated heterocycles. The number of benzene rings is 1. The van der Waals surface area contributed by atoms with Crippen LogP contribution in [0.4, 0.5) is 19.3 Å². The Morgan fingerprint density at radius 3 is 2.55 bits per heavy atom. The number of carboxylic acid groups (broad SMARTS) is 1. The molecular formula is C21H25F2N3O4Si. The van der Waals surface area contributed by atoms with Gasteiger partial charge in [0.1, 0.15) is 18.1 Å². The highest BCUT2D eigenvalue weighted by Gasteiger charge is 2.19. The number of ether oxygens (including phenoxy) is 2. The van der Waals surface area contributed by atoms with Crippen molar-refractivity contribution in [1.82, 2.24) is 9.55 Å². The van der Waals surface area contributed by atoms with Crippen molar-refractivity contribution < 1.29 is 28.2 Å². The summed E-state index contributed by atoms with van der Waals surface area (Å²) in [5.41, 5.74) is 1.16. The summed E-state index contributed by atoms with van der Waals surface area (Å²) in [6.07, 6.45) is 1.92. The van der Waals surface area contributed by atoms with E-state index in [1.165, 1.54) is 12.3 Å². The Kier molecular flexibility index (Phi) is 6.61. The third-order valence-electron chi connectivity index (χ3n) is 4.60. The predicted molar refractivity (Wildman–Crippen MR) is 117 cm³/mol. The number of fused-ring (bicyclic) bond motifs is 1. The molecule has 2 heterocycles. The molecule has 0 fully saturated rings. The van der Waals surface area contributed by atoms with Crippen molar-refractivity contribution in [3.63, 3.8) is 0 Å². The van der Waals surface area contributed by atoms with E-state index < -0.39 is 31.6 Å². The molecule has 0 aliphatic carbocycles. The van der Waals surface area contributed by atoms with Gasteiger partial charge in [0.05, 0.1) is 11.1 Å². The fourth-order valence-electron chi connectivity index (χ4n) is 3.07. The number of rotatable bonds is 8. The number of amides is 1. The van der Waals surface area contributed by atoms with Crippen molar-refractivity contribution >= 4 is 30.9 Å². The Bertz CT molecular complexity index is 1090. The van der Waals surface area contributed by atoms with Gasteiger partial charge in [0.15, 0.2) is 17.4 Å². The number of nitrogens with zero attached hydrogens (tertiary/aromatic N) is 2. The van der Waals surface area contributed by atoms with E-state index in [0.717, 1.165) is 23.7 Å². The van der Waals surface area contributed by atoms with Crippen LogP contribution in [0.3, 0.4) is 0 Å². The number of carbonyl (C=O) groups is 1. The van der Waals surface area contributed by atoms with Gasteiger partial charge < -0.3 is 19.1 Å². The van der Waals surface area contributed by atoms with Crippen LogP contribution in [0.25, 0.3) is 11.0 Å². The normalized spacial score (nSPS) is 11.7. The van der Waals surface area contributed by atoms with E-state index in [1.807, 2.05) is 23.0 Å². The Hall–Kier alpha value is -2.98. The summed E-state index contributed by atoms with van der Waals surface area (Å²) in [7, 11) is -1.20. The minimum absolute atomic E-state index is 0.229. The molecule has 166 valence electrons. The standard InChI is InChI=1S/C21H25F2N3O4Si/c1-13-11-26(12-29-7-8-31(2,3)4)20-18(13)17(5-6-24-20)30-19-15(22)9-14(10-16(19)23)25-21(27)28/h5-6,9-11,25H,7-8,12H2,1-4H3,(H,27,28). The maximum absolute atomic E-state index is 14.4. The van der Waals surface area contributed by atoms with Gasteiger partial charge in [-0.15, -0.1) is 0 Å². The quantitative estimate of drug-likeness (QED) is 0.334. The van der Waals surface area contributed by atoms with Gasteiger partial charge in [0.25, 0.3) is 0 Å². The number of pyridine rings is 1. The molecule has 10 heteroatoms. The van der Waals surface area contributed by atoms with E-state index in [4.69, 9.17) is 14.6 Å². The summed E-state index contributed by atoms with van der Waals surface area (Å²) in [5, 5.41) is 11.2. The molecule has 7 nitrogen and oxygen atoms in total. The van der Waals surface area contributed by atoms with Crippen LogP contribution >= 0.6 is 0 Å². The lowest BCUT2D eigenvalue weighted by Gasteiger charge is -2.15. The molecule has 3 rings (SSSR count). The van der Waals surface area contributed by atoms with Crippen molar-refractivity contribution in [1.29, 1.82) is 0 Å². The number of hydrogen-bond donors (Lipinski definition) is 2. The van der Waals surface area contributed by atoms with E-state index in [1.54, 1.807) is 0 Å². The predicted octanol–water partition coefficient (Wildman–Crippen LogP) is 5.82. The molecule has 0 aliphatic heterocycles. The first-order valence-electron chi connectivity index (χ1n) is 9.74. The maximum Gasteiger partial charge on any atom is 0.409 e. The molecule has 0 spiro atoms. The first-order valence-corrected chi connectivity index (χ1v) is 13.4. The van der Waals surface area contributed by atoms with E-state index in [0.29, 0.717) is 24.4 Å². The number of anilines is 1. The van der Waals surface area contributed by atoms with Gasteiger partial charge in [-0.25, -0.2) is 18.6 Å². The highest BCUT2D eigenvalue weighted by atomic mass is 28.3. The van der Waals surface area contributed by atoms with Crippen LogP contribution in [0.5, 0.6) is 11.5 Å². The van der Waals surface area contributed by atoms with Crippen molar-refractivity contribution in [3.05, 3.63) is 47.8 Å². The number of aromatic nitrogens is 2. The molecule has 0 atom stereocenters. The van der Waals surface area contributed by atoms with Gasteiger partial charge in [-0.3, -0.25) is 5.32 Å². The molecular weight excluding hydrogens is 424 g/mol. The second-order valence-corrected chi connectivity index (χ2v) is 14.1. The van der Waals surface area contributed by atoms with Crippen molar-refractivity contribution in [3.8, 4) is 11.5 Å². The second-order valence-electron chi connectivity index (χ2n) is 8.44. The Balaban J connectivity index is 1.86. The molecule has 2 aromatic heterocycles. The fraction of sp³-hybridized carbons (Fsp3) is 0.333. The minimum Gasteiger partial charge on any atom is -0.465 e. The maximum atomic E-state index is 14.4. The van der Waals surface area contributed by atoms with E-state index >= 15 is 0 Å². The zero-order valence-corrected chi connectivity index (χ0v) is 18.8. The van der Waals surface area contributed by atoms with Gasteiger partial charge in [0, 0.05) is 39.2 Å². The highest BCUT2D eigenvalue weighted by molar-refractivity contribution is 6.76. The SMILES string of the molecule is Cc1cn(COCC[Si](C)(C)C)c2nccc(Oc3c(F)cc(NC(=O)O)cc3F)c12. The first-order chi connectivity index (χ1) is 14.5. The van der Waals surface area contributed by atoms with E-state index in [-0.39, 0.29) is 11.4 Å². The molecule has 0 unspecified atom stereocenters. The van der Waals surface area contributed by atoms with Crippen molar-refractivity contribution in [2.75, 3.05) is 11.9 Å². The summed E-state index contributed by atoms with van der Waals surface area (Å²) in [4.78, 5) is 15.1. The van der Waals surface area contributed by atoms with Gasteiger partial charge in [-0.1, -0.05) is 19.6 Å². The lowest BCUT2D eigenvalue weighted by Crippen LogP contribution is -2.22. The summed E-state index contributed by atoms with van der Waals surface area (Å²) in [6, 6.07) is 4.27. The fourth-order valence-corrected chi connectivity index (χ4v) is 3.83. The Labute approximate surface area is 179 Å². The summed E-state index contributed by atoms with van der Waals surface area (Å²) < 4.78 is 42.0. The monoisotopic (exact) mass is 449 g/mol. The summed E-state index contributed by atoms with van der Waals surface area (Å²) >= 11 is 0. The third kappa shape index (κ3) is 5.59. The second kappa shape index (κ2) is 9.02. The summed E-state index contributed by atoms with van der Waals surface area (Å²) in [6.45, 7) is 9.64. The Morgan fingerprint density at radius 2 is 1.94 bits per heavy atom. The van der Waals surface area contributed by atoms with Crippen molar-refractivity contribution in [2.24, 2.45) is 0 Å². The van der Waals surface area contributed by atoms with Crippen LogP contribution in [-0.2, 0) is 11.5 Å². The summed E-state index contributed by atoms with van der Waals surface area (Å²) in [5.74, 6) is -2.44. The van der Waals surface area contributed by atoms with Gasteiger partial charge in [-0.05, 0) is 24.6 Å². The Morgan fingerprint density at radius 1 is 1.26 bits per heavy atom. The zero-order valence-electron chi connectivity index (χ0n) is 17.8. The van der Waals surface area contributed by atoms with Gasteiger partial charge in [-0.2, -0.15) is 0 Å². The average Bonchev–Trinajstić information content (AvgIpc) is 2.97. The zero-order chi connectivity index (χ0) is 22.8. The van der Waals surface area contributed by atoms with Crippen LogP contribution < -0.4 is 10.1 Å². The molecule has 0 saturated carbocycles. The third-order valence-corrected chi connectivity index (χ3v) is 6.30. The lowest BCUT2D eigenvalue weighted by atomic mass is 10.2. The van der Waals surface area contributed by atoms with Crippen LogP contribution in [0.15, 0.2) is 30.6 Å². The number of aryl methyl sites for hydroxylation is 1. The molecule has 0 aliphatic rings. The first kappa shape index (κ1) is 22.7. The van der Waals surface area contributed by atoms with Gasteiger partial charge in [0.2, 0.25) is 0 Å². The van der Waals surface area contributed by atoms with Crippen molar-refractivity contribution in [2.45, 2.75) is 39.3 Å². The van der Waals surface area contributed by atoms with E-state index in [9.17, 15) is 13.6 Å².